The smallest absolute Gasteiger partial charge is 0.373 e. The molecule has 0 spiro atoms. The van der Waals surface area contributed by atoms with E-state index in [-0.39, 0.29) is 18.4 Å². The number of methoxy groups -OCH3 is 1. The topological polar surface area (TPSA) is 95.0 Å². The third kappa shape index (κ3) is 2.83. The molecule has 20 heavy (non-hydrogen) atoms. The number of primary amides is 1. The summed E-state index contributed by atoms with van der Waals surface area (Å²) in [6.07, 6.45) is 0. The van der Waals surface area contributed by atoms with Crippen LogP contribution in [-0.2, 0) is 14.3 Å². The number of hydrogen-bond donors (Lipinski definition) is 1. The molecule has 7 heteroatoms. The molecule has 0 aromatic carbocycles. The Morgan fingerprint density at radius 2 is 2.25 bits per heavy atom. The van der Waals surface area contributed by atoms with Crippen molar-refractivity contribution in [3.05, 3.63) is 23.7 Å². The van der Waals surface area contributed by atoms with E-state index in [1.54, 1.807) is 12.1 Å². The molecule has 7 nitrogen and oxygen atoms in total. The molecular formula is C13H18N2O5. The van der Waals surface area contributed by atoms with Gasteiger partial charge in [0.2, 0.25) is 11.7 Å². The molecule has 0 aliphatic carbocycles. The van der Waals surface area contributed by atoms with E-state index in [1.807, 2.05) is 11.8 Å². The molecule has 1 fully saturated rings. The van der Waals surface area contributed by atoms with Crippen molar-refractivity contribution in [2.75, 3.05) is 26.9 Å². The predicted octanol–water partition coefficient (Wildman–Crippen LogP) is 0.313. The summed E-state index contributed by atoms with van der Waals surface area (Å²) in [7, 11) is 1.29. The van der Waals surface area contributed by atoms with Crippen molar-refractivity contribution >= 4 is 11.9 Å². The third-order valence-corrected chi connectivity index (χ3v) is 3.42. The minimum atomic E-state index is -0.531. The van der Waals surface area contributed by atoms with Crippen molar-refractivity contribution in [3.8, 4) is 0 Å². The molecule has 1 aromatic rings. The van der Waals surface area contributed by atoms with Crippen LogP contribution in [0.1, 0.15) is 29.3 Å². The molecule has 2 atom stereocenters. The van der Waals surface area contributed by atoms with Gasteiger partial charge in [-0.25, -0.2) is 4.79 Å². The van der Waals surface area contributed by atoms with Gasteiger partial charge < -0.3 is 19.6 Å². The SMILES string of the molecule is COC(=O)c1ccc(C(C)N2CCOCC2C(N)=O)o1. The van der Waals surface area contributed by atoms with Crippen molar-refractivity contribution in [2.24, 2.45) is 5.73 Å². The number of amides is 1. The Bertz CT molecular complexity index is 499. The van der Waals surface area contributed by atoms with Crippen LogP contribution < -0.4 is 5.73 Å². The highest BCUT2D eigenvalue weighted by atomic mass is 16.5. The summed E-state index contributed by atoms with van der Waals surface area (Å²) in [6, 6.07) is 2.57. The lowest BCUT2D eigenvalue weighted by molar-refractivity contribution is -0.131. The molecule has 1 aliphatic heterocycles. The van der Waals surface area contributed by atoms with E-state index in [0.717, 1.165) is 0 Å². The number of hydrogen-bond acceptors (Lipinski definition) is 6. The highest BCUT2D eigenvalue weighted by Gasteiger charge is 2.33. The van der Waals surface area contributed by atoms with Crippen molar-refractivity contribution in [1.29, 1.82) is 0 Å². The van der Waals surface area contributed by atoms with Gasteiger partial charge in [0.15, 0.2) is 0 Å². The standard InChI is InChI=1S/C13H18N2O5/c1-8(10-3-4-11(20-10)13(17)18-2)15-5-6-19-7-9(15)12(14)16/h3-4,8-9H,5-7H2,1-2H3,(H2,14,16). The summed E-state index contributed by atoms with van der Waals surface area (Å²) >= 11 is 0. The normalized spacial score (nSPS) is 21.4. The molecule has 2 heterocycles. The van der Waals surface area contributed by atoms with Gasteiger partial charge in [-0.2, -0.15) is 0 Å². The Labute approximate surface area is 116 Å². The summed E-state index contributed by atoms with van der Waals surface area (Å²) in [5.74, 6) is -0.245. The molecule has 0 bridgehead atoms. The van der Waals surface area contributed by atoms with E-state index in [2.05, 4.69) is 4.74 Å². The maximum absolute atomic E-state index is 11.5. The van der Waals surface area contributed by atoms with Crippen LogP contribution in [0, 0.1) is 0 Å². The fourth-order valence-corrected chi connectivity index (χ4v) is 2.28. The molecule has 0 radical (unpaired) electrons. The second-order valence-electron chi connectivity index (χ2n) is 4.60. The Morgan fingerprint density at radius 3 is 2.90 bits per heavy atom. The van der Waals surface area contributed by atoms with Crippen LogP contribution in [0.15, 0.2) is 16.5 Å². The lowest BCUT2D eigenvalue weighted by Crippen LogP contribution is -2.53. The van der Waals surface area contributed by atoms with E-state index >= 15 is 0 Å². The van der Waals surface area contributed by atoms with Crippen LogP contribution in [0.4, 0.5) is 0 Å². The molecule has 1 saturated heterocycles. The summed E-state index contributed by atoms with van der Waals surface area (Å²) in [6.45, 7) is 3.26. The number of furan rings is 1. The van der Waals surface area contributed by atoms with E-state index in [9.17, 15) is 9.59 Å². The first-order valence-electron chi connectivity index (χ1n) is 6.35. The zero-order valence-corrected chi connectivity index (χ0v) is 11.5. The van der Waals surface area contributed by atoms with Gasteiger partial charge >= 0.3 is 5.97 Å². The first kappa shape index (κ1) is 14.5. The Kier molecular flexibility index (Phi) is 4.41. The van der Waals surface area contributed by atoms with E-state index in [0.29, 0.717) is 18.9 Å². The van der Waals surface area contributed by atoms with Crippen LogP contribution in [-0.4, -0.2) is 49.7 Å². The van der Waals surface area contributed by atoms with Crippen LogP contribution >= 0.6 is 0 Å². The first-order chi connectivity index (χ1) is 9.54. The number of nitrogens with zero attached hydrogens (tertiary/aromatic N) is 1. The lowest BCUT2D eigenvalue weighted by atomic mass is 10.1. The second kappa shape index (κ2) is 6.06. The second-order valence-corrected chi connectivity index (χ2v) is 4.60. The van der Waals surface area contributed by atoms with E-state index in [1.165, 1.54) is 7.11 Å². The lowest BCUT2D eigenvalue weighted by Gasteiger charge is -2.36. The largest absolute Gasteiger partial charge is 0.463 e. The Hall–Kier alpha value is -1.86. The molecule has 2 unspecified atom stereocenters. The highest BCUT2D eigenvalue weighted by molar-refractivity contribution is 5.86. The predicted molar refractivity (Wildman–Crippen MR) is 69.0 cm³/mol. The van der Waals surface area contributed by atoms with Gasteiger partial charge in [-0.1, -0.05) is 0 Å². The van der Waals surface area contributed by atoms with Gasteiger partial charge in [-0.15, -0.1) is 0 Å². The average Bonchev–Trinajstić information content (AvgIpc) is 2.95. The van der Waals surface area contributed by atoms with Crippen LogP contribution in [0.2, 0.25) is 0 Å². The molecule has 0 saturated carbocycles. The van der Waals surface area contributed by atoms with Crippen LogP contribution in [0.25, 0.3) is 0 Å². The van der Waals surface area contributed by atoms with Gasteiger partial charge in [0.1, 0.15) is 11.8 Å². The van der Waals surface area contributed by atoms with Gasteiger partial charge in [-0.05, 0) is 19.1 Å². The molecule has 2 N–H and O–H groups in total. The van der Waals surface area contributed by atoms with Crippen molar-refractivity contribution in [2.45, 2.75) is 19.0 Å². The minimum Gasteiger partial charge on any atom is -0.463 e. The quantitative estimate of drug-likeness (QED) is 0.799. The summed E-state index contributed by atoms with van der Waals surface area (Å²) in [5.41, 5.74) is 5.38. The molecule has 1 amide bonds. The highest BCUT2D eigenvalue weighted by Crippen LogP contribution is 2.26. The molecule has 1 aliphatic rings. The maximum atomic E-state index is 11.5. The van der Waals surface area contributed by atoms with E-state index < -0.39 is 17.9 Å². The first-order valence-corrected chi connectivity index (χ1v) is 6.35. The van der Waals surface area contributed by atoms with Crippen molar-refractivity contribution in [1.82, 2.24) is 4.90 Å². The van der Waals surface area contributed by atoms with Gasteiger partial charge in [0, 0.05) is 6.54 Å². The molecule has 2 rings (SSSR count). The van der Waals surface area contributed by atoms with Gasteiger partial charge in [0.05, 0.1) is 26.4 Å². The summed E-state index contributed by atoms with van der Waals surface area (Å²) in [5, 5.41) is 0. The van der Waals surface area contributed by atoms with Crippen LogP contribution in [0.3, 0.4) is 0 Å². The fraction of sp³-hybridized carbons (Fsp3) is 0.538. The molecule has 110 valence electrons. The van der Waals surface area contributed by atoms with Gasteiger partial charge in [-0.3, -0.25) is 9.69 Å². The van der Waals surface area contributed by atoms with Crippen molar-refractivity contribution < 1.29 is 23.5 Å². The number of morpholine rings is 1. The van der Waals surface area contributed by atoms with Gasteiger partial charge in [0.25, 0.3) is 0 Å². The molecular weight excluding hydrogens is 264 g/mol. The van der Waals surface area contributed by atoms with E-state index in [4.69, 9.17) is 14.9 Å². The zero-order chi connectivity index (χ0) is 14.7. The van der Waals surface area contributed by atoms with Crippen molar-refractivity contribution in [3.63, 3.8) is 0 Å². The number of ether oxygens (including phenoxy) is 2. The molecule has 1 aromatic heterocycles. The minimum absolute atomic E-state index is 0.137. The third-order valence-electron chi connectivity index (χ3n) is 3.42. The average molecular weight is 282 g/mol. The zero-order valence-electron chi connectivity index (χ0n) is 11.5. The summed E-state index contributed by atoms with van der Waals surface area (Å²) < 4.78 is 15.3. The number of esters is 1. The Morgan fingerprint density at radius 1 is 1.50 bits per heavy atom. The number of rotatable bonds is 4. The number of nitrogens with two attached hydrogens (primary N) is 1. The van der Waals surface area contributed by atoms with Crippen LogP contribution in [0.5, 0.6) is 0 Å². The number of carbonyl (C=O) groups is 2. The Balaban J connectivity index is 2.16. The monoisotopic (exact) mass is 282 g/mol. The summed E-state index contributed by atoms with van der Waals surface area (Å²) in [4.78, 5) is 24.7. The number of carbonyl (C=O) groups excluding carboxylic acids is 2. The fourth-order valence-electron chi connectivity index (χ4n) is 2.28. The maximum Gasteiger partial charge on any atom is 0.373 e.